The standard InChI is InChI=1S/C16H12O5S/c1-19-15(17)9-20-10-4-5-12-13(7-10)21-14(16(12)18)8-11-3-2-6-22-11/h2-8H,9H2,1H3/b14-8+. The van der Waals surface area contributed by atoms with Gasteiger partial charge >= 0.3 is 5.97 Å². The highest BCUT2D eigenvalue weighted by atomic mass is 32.1. The SMILES string of the molecule is COC(=O)COc1ccc2c(c1)O/C(=C/c1cccs1)C2=O. The molecule has 1 aromatic carbocycles. The number of benzene rings is 1. The molecule has 0 saturated heterocycles. The summed E-state index contributed by atoms with van der Waals surface area (Å²) >= 11 is 1.52. The van der Waals surface area contributed by atoms with E-state index in [1.807, 2.05) is 17.5 Å². The third-order valence-corrected chi connectivity index (χ3v) is 3.86. The Kier molecular flexibility index (Phi) is 3.93. The number of carbonyl (C=O) groups is 2. The van der Waals surface area contributed by atoms with Gasteiger partial charge in [-0.05, 0) is 23.6 Å². The van der Waals surface area contributed by atoms with E-state index in [4.69, 9.17) is 9.47 Å². The average Bonchev–Trinajstić information content (AvgIpc) is 3.14. The minimum absolute atomic E-state index is 0.164. The number of thiophene rings is 1. The van der Waals surface area contributed by atoms with E-state index in [9.17, 15) is 9.59 Å². The summed E-state index contributed by atoms with van der Waals surface area (Å²) < 4.78 is 15.4. The smallest absolute Gasteiger partial charge is 0.343 e. The van der Waals surface area contributed by atoms with Gasteiger partial charge in [0.05, 0.1) is 12.7 Å². The van der Waals surface area contributed by atoms with Gasteiger partial charge in [-0.3, -0.25) is 4.79 Å². The first-order valence-electron chi connectivity index (χ1n) is 6.49. The number of ketones is 1. The first-order valence-corrected chi connectivity index (χ1v) is 7.37. The molecule has 22 heavy (non-hydrogen) atoms. The second-order valence-electron chi connectivity index (χ2n) is 4.48. The molecule has 0 unspecified atom stereocenters. The molecule has 112 valence electrons. The number of Topliss-reactive ketones (excluding diaryl/α,β-unsaturated/α-hetero) is 1. The van der Waals surface area contributed by atoms with Crippen molar-refractivity contribution in [2.75, 3.05) is 13.7 Å². The largest absolute Gasteiger partial charge is 0.482 e. The van der Waals surface area contributed by atoms with Crippen molar-refractivity contribution in [2.45, 2.75) is 0 Å². The molecular formula is C16H12O5S. The summed E-state index contributed by atoms with van der Waals surface area (Å²) in [4.78, 5) is 24.2. The zero-order chi connectivity index (χ0) is 15.5. The Morgan fingerprint density at radius 2 is 2.23 bits per heavy atom. The number of rotatable bonds is 4. The highest BCUT2D eigenvalue weighted by Gasteiger charge is 2.27. The van der Waals surface area contributed by atoms with Crippen LogP contribution in [0.2, 0.25) is 0 Å². The van der Waals surface area contributed by atoms with Gasteiger partial charge in [0.1, 0.15) is 11.5 Å². The van der Waals surface area contributed by atoms with Gasteiger partial charge in [0, 0.05) is 17.0 Å². The first kappa shape index (κ1) is 14.3. The molecule has 2 aromatic rings. The van der Waals surface area contributed by atoms with Gasteiger partial charge in [0.15, 0.2) is 12.4 Å². The van der Waals surface area contributed by atoms with Gasteiger partial charge in [0.25, 0.3) is 0 Å². The Hall–Kier alpha value is -2.60. The van der Waals surface area contributed by atoms with Crippen LogP contribution in [0.1, 0.15) is 15.2 Å². The Bertz CT molecular complexity index is 746. The number of esters is 1. The second kappa shape index (κ2) is 6.03. The lowest BCUT2D eigenvalue weighted by molar-refractivity contribution is -0.142. The number of methoxy groups -OCH3 is 1. The number of allylic oxidation sites excluding steroid dienone is 1. The molecule has 0 fully saturated rings. The van der Waals surface area contributed by atoms with Gasteiger partial charge in [-0.1, -0.05) is 6.07 Å². The quantitative estimate of drug-likeness (QED) is 0.641. The molecule has 1 aliphatic heterocycles. The summed E-state index contributed by atoms with van der Waals surface area (Å²) in [6.45, 7) is -0.193. The lowest BCUT2D eigenvalue weighted by atomic mass is 10.1. The Morgan fingerprint density at radius 3 is 2.95 bits per heavy atom. The number of ether oxygens (including phenoxy) is 3. The normalized spacial score (nSPS) is 14.6. The van der Waals surface area contributed by atoms with E-state index < -0.39 is 5.97 Å². The topological polar surface area (TPSA) is 61.8 Å². The summed E-state index contributed by atoms with van der Waals surface area (Å²) in [5.41, 5.74) is 0.480. The summed E-state index contributed by atoms with van der Waals surface area (Å²) in [6.07, 6.45) is 1.71. The summed E-state index contributed by atoms with van der Waals surface area (Å²) in [5, 5.41) is 1.93. The van der Waals surface area contributed by atoms with Crippen LogP contribution < -0.4 is 9.47 Å². The van der Waals surface area contributed by atoms with Crippen LogP contribution in [0.25, 0.3) is 6.08 Å². The van der Waals surface area contributed by atoms with E-state index >= 15 is 0 Å². The van der Waals surface area contributed by atoms with Gasteiger partial charge < -0.3 is 14.2 Å². The highest BCUT2D eigenvalue weighted by molar-refractivity contribution is 7.10. The number of carbonyl (C=O) groups excluding carboxylic acids is 2. The minimum atomic E-state index is -0.476. The Labute approximate surface area is 130 Å². The van der Waals surface area contributed by atoms with Crippen LogP contribution in [-0.4, -0.2) is 25.5 Å². The van der Waals surface area contributed by atoms with Crippen molar-refractivity contribution in [2.24, 2.45) is 0 Å². The Balaban J connectivity index is 1.79. The van der Waals surface area contributed by atoms with Gasteiger partial charge in [-0.2, -0.15) is 0 Å². The van der Waals surface area contributed by atoms with Crippen molar-refractivity contribution in [3.8, 4) is 11.5 Å². The maximum Gasteiger partial charge on any atom is 0.343 e. The van der Waals surface area contributed by atoms with Crippen LogP contribution in [0, 0.1) is 0 Å². The van der Waals surface area contributed by atoms with Crippen molar-refractivity contribution in [3.05, 3.63) is 51.9 Å². The van der Waals surface area contributed by atoms with Crippen LogP contribution in [0.4, 0.5) is 0 Å². The molecule has 2 heterocycles. The predicted octanol–water partition coefficient (Wildman–Crippen LogP) is 2.92. The second-order valence-corrected chi connectivity index (χ2v) is 5.46. The molecule has 3 rings (SSSR count). The van der Waals surface area contributed by atoms with Crippen LogP contribution in [0.15, 0.2) is 41.5 Å². The highest BCUT2D eigenvalue weighted by Crippen LogP contribution is 2.35. The molecular weight excluding hydrogens is 304 g/mol. The first-order chi connectivity index (χ1) is 10.7. The molecule has 0 atom stereocenters. The van der Waals surface area contributed by atoms with E-state index in [0.29, 0.717) is 17.1 Å². The molecule has 0 bridgehead atoms. The van der Waals surface area contributed by atoms with Gasteiger partial charge in [0.2, 0.25) is 5.78 Å². The van der Waals surface area contributed by atoms with Crippen LogP contribution in [0.5, 0.6) is 11.5 Å². The fourth-order valence-corrected chi connectivity index (χ4v) is 2.61. The number of hydrogen-bond donors (Lipinski definition) is 0. The van der Waals surface area contributed by atoms with E-state index in [2.05, 4.69) is 4.74 Å². The zero-order valence-corrected chi connectivity index (χ0v) is 12.5. The van der Waals surface area contributed by atoms with Gasteiger partial charge in [-0.15, -0.1) is 11.3 Å². The van der Waals surface area contributed by atoms with E-state index in [0.717, 1.165) is 4.88 Å². The molecule has 0 spiro atoms. The van der Waals surface area contributed by atoms with E-state index in [1.54, 1.807) is 24.3 Å². The third-order valence-electron chi connectivity index (χ3n) is 3.04. The predicted molar refractivity (Wildman–Crippen MR) is 81.2 cm³/mol. The van der Waals surface area contributed by atoms with Crippen molar-refractivity contribution in [1.29, 1.82) is 0 Å². The third kappa shape index (κ3) is 2.87. The summed E-state index contributed by atoms with van der Waals surface area (Å²) in [6, 6.07) is 8.65. The molecule has 0 amide bonds. The molecule has 0 N–H and O–H groups in total. The maximum absolute atomic E-state index is 12.2. The fourth-order valence-electron chi connectivity index (χ4n) is 1.96. The van der Waals surface area contributed by atoms with E-state index in [1.165, 1.54) is 18.4 Å². The van der Waals surface area contributed by atoms with Crippen molar-refractivity contribution < 1.29 is 23.8 Å². The van der Waals surface area contributed by atoms with Crippen molar-refractivity contribution in [1.82, 2.24) is 0 Å². The fraction of sp³-hybridized carbons (Fsp3) is 0.125. The number of fused-ring (bicyclic) bond motifs is 1. The maximum atomic E-state index is 12.2. The molecule has 5 nitrogen and oxygen atoms in total. The van der Waals surface area contributed by atoms with Crippen LogP contribution in [0.3, 0.4) is 0 Å². The monoisotopic (exact) mass is 316 g/mol. The molecule has 0 aliphatic carbocycles. The molecule has 0 radical (unpaired) electrons. The average molecular weight is 316 g/mol. The van der Waals surface area contributed by atoms with Crippen molar-refractivity contribution >= 4 is 29.2 Å². The molecule has 6 heteroatoms. The van der Waals surface area contributed by atoms with Crippen LogP contribution >= 0.6 is 11.3 Å². The minimum Gasteiger partial charge on any atom is -0.482 e. The van der Waals surface area contributed by atoms with Gasteiger partial charge in [-0.25, -0.2) is 4.79 Å². The van der Waals surface area contributed by atoms with E-state index in [-0.39, 0.29) is 18.1 Å². The molecule has 0 saturated carbocycles. The zero-order valence-electron chi connectivity index (χ0n) is 11.7. The summed E-state index contributed by atoms with van der Waals surface area (Å²) in [7, 11) is 1.29. The Morgan fingerprint density at radius 1 is 1.36 bits per heavy atom. The molecule has 1 aromatic heterocycles. The number of hydrogen-bond acceptors (Lipinski definition) is 6. The lowest BCUT2D eigenvalue weighted by Crippen LogP contribution is -2.12. The lowest BCUT2D eigenvalue weighted by Gasteiger charge is -2.05. The van der Waals surface area contributed by atoms with Crippen LogP contribution in [-0.2, 0) is 9.53 Å². The van der Waals surface area contributed by atoms with Crippen molar-refractivity contribution in [3.63, 3.8) is 0 Å². The molecule has 1 aliphatic rings. The summed E-state index contributed by atoms with van der Waals surface area (Å²) in [5.74, 6) is 0.505.